The van der Waals surface area contributed by atoms with Gasteiger partial charge in [-0.15, -0.1) is 24.0 Å². The molecular formula is C20H35IN4O2. The number of ether oxygens (including phenoxy) is 2. The average molecular weight is 490 g/mol. The standard InChI is InChI=1S/C20H34N4O2.HI/c1-5-10-24-11-8-16(9-12-24)14-22-20(21-2)23-15-17-6-7-18(25-3)13-19(17)26-4;/h6-7,13,16H,5,8-12,14-15H2,1-4H3,(H2,21,22,23);1H. The summed E-state index contributed by atoms with van der Waals surface area (Å²) in [5, 5.41) is 6.85. The van der Waals surface area contributed by atoms with E-state index in [2.05, 4.69) is 27.4 Å². The van der Waals surface area contributed by atoms with Crippen molar-refractivity contribution in [2.24, 2.45) is 10.9 Å². The molecule has 1 fully saturated rings. The number of hydrogen-bond donors (Lipinski definition) is 2. The van der Waals surface area contributed by atoms with Crippen molar-refractivity contribution in [3.05, 3.63) is 23.8 Å². The Morgan fingerprint density at radius 3 is 2.52 bits per heavy atom. The predicted octanol–water partition coefficient (Wildman–Crippen LogP) is 3.11. The van der Waals surface area contributed by atoms with Crippen molar-refractivity contribution in [3.63, 3.8) is 0 Å². The van der Waals surface area contributed by atoms with E-state index in [1.807, 2.05) is 25.2 Å². The number of nitrogens with zero attached hydrogens (tertiary/aromatic N) is 2. The first-order chi connectivity index (χ1) is 12.7. The number of guanidine groups is 1. The van der Waals surface area contributed by atoms with Crippen LogP contribution in [0, 0.1) is 5.92 Å². The molecule has 1 aliphatic heterocycles. The summed E-state index contributed by atoms with van der Waals surface area (Å²) in [6.07, 6.45) is 3.76. The molecule has 0 unspecified atom stereocenters. The van der Waals surface area contributed by atoms with Crippen LogP contribution >= 0.6 is 24.0 Å². The summed E-state index contributed by atoms with van der Waals surface area (Å²) in [4.78, 5) is 6.91. The molecule has 0 spiro atoms. The molecule has 27 heavy (non-hydrogen) atoms. The van der Waals surface area contributed by atoms with Crippen LogP contribution in [0.15, 0.2) is 23.2 Å². The van der Waals surface area contributed by atoms with E-state index in [0.29, 0.717) is 6.54 Å². The molecule has 0 saturated carbocycles. The lowest BCUT2D eigenvalue weighted by atomic mass is 9.97. The van der Waals surface area contributed by atoms with Gasteiger partial charge in [0.15, 0.2) is 5.96 Å². The number of aliphatic imine (C=N–C) groups is 1. The van der Waals surface area contributed by atoms with Gasteiger partial charge in [-0.2, -0.15) is 0 Å². The second kappa shape index (κ2) is 13.0. The third-order valence-corrected chi connectivity index (χ3v) is 4.97. The van der Waals surface area contributed by atoms with Crippen molar-refractivity contribution < 1.29 is 9.47 Å². The van der Waals surface area contributed by atoms with Crippen LogP contribution in [0.1, 0.15) is 31.7 Å². The van der Waals surface area contributed by atoms with Gasteiger partial charge in [0.1, 0.15) is 11.5 Å². The first kappa shape index (κ1) is 23.8. The molecule has 0 atom stereocenters. The maximum atomic E-state index is 5.45. The fourth-order valence-corrected chi connectivity index (χ4v) is 3.37. The van der Waals surface area contributed by atoms with Crippen molar-refractivity contribution >= 4 is 29.9 Å². The Morgan fingerprint density at radius 1 is 1.19 bits per heavy atom. The molecule has 0 radical (unpaired) electrons. The maximum Gasteiger partial charge on any atom is 0.191 e. The molecule has 1 aromatic carbocycles. The summed E-state index contributed by atoms with van der Waals surface area (Å²) in [5.74, 6) is 3.16. The Hall–Kier alpha value is -1.22. The lowest BCUT2D eigenvalue weighted by molar-refractivity contribution is 0.185. The second-order valence-corrected chi connectivity index (χ2v) is 6.77. The van der Waals surface area contributed by atoms with Crippen LogP contribution in [0.3, 0.4) is 0 Å². The van der Waals surface area contributed by atoms with E-state index in [1.165, 1.54) is 38.9 Å². The highest BCUT2D eigenvalue weighted by Crippen LogP contribution is 2.24. The Kier molecular flexibility index (Phi) is 11.5. The van der Waals surface area contributed by atoms with E-state index >= 15 is 0 Å². The second-order valence-electron chi connectivity index (χ2n) is 6.77. The van der Waals surface area contributed by atoms with Gasteiger partial charge < -0.3 is 25.0 Å². The molecule has 0 amide bonds. The van der Waals surface area contributed by atoms with Crippen molar-refractivity contribution in [2.45, 2.75) is 32.7 Å². The lowest BCUT2D eigenvalue weighted by Crippen LogP contribution is -2.42. The third-order valence-electron chi connectivity index (χ3n) is 4.97. The van der Waals surface area contributed by atoms with Gasteiger partial charge in [-0.05, 0) is 56.9 Å². The summed E-state index contributed by atoms with van der Waals surface area (Å²) < 4.78 is 10.7. The molecule has 2 rings (SSSR count). The Labute approximate surface area is 181 Å². The third kappa shape index (κ3) is 7.73. The van der Waals surface area contributed by atoms with Crippen LogP contribution in [-0.2, 0) is 6.54 Å². The Morgan fingerprint density at radius 2 is 1.93 bits per heavy atom. The fraction of sp³-hybridized carbons (Fsp3) is 0.650. The first-order valence-electron chi connectivity index (χ1n) is 9.57. The Balaban J connectivity index is 0.00000364. The maximum absolute atomic E-state index is 5.45. The van der Waals surface area contributed by atoms with Gasteiger partial charge in [0.2, 0.25) is 0 Å². The van der Waals surface area contributed by atoms with Crippen LogP contribution in [0.4, 0.5) is 0 Å². The first-order valence-corrected chi connectivity index (χ1v) is 9.57. The number of methoxy groups -OCH3 is 2. The molecule has 0 aromatic heterocycles. The molecule has 1 heterocycles. The molecule has 1 aromatic rings. The summed E-state index contributed by atoms with van der Waals surface area (Å²) in [6.45, 7) is 7.54. The molecule has 1 aliphatic rings. The summed E-state index contributed by atoms with van der Waals surface area (Å²) >= 11 is 0. The van der Waals surface area contributed by atoms with Gasteiger partial charge in [-0.25, -0.2) is 0 Å². The Bertz CT molecular complexity index is 575. The van der Waals surface area contributed by atoms with E-state index in [1.54, 1.807) is 14.2 Å². The lowest BCUT2D eigenvalue weighted by Gasteiger charge is -2.32. The minimum absolute atomic E-state index is 0. The minimum atomic E-state index is 0. The number of nitrogens with one attached hydrogen (secondary N) is 2. The highest BCUT2D eigenvalue weighted by molar-refractivity contribution is 14.0. The van der Waals surface area contributed by atoms with Crippen LogP contribution in [0.2, 0.25) is 0 Å². The summed E-state index contributed by atoms with van der Waals surface area (Å²) in [7, 11) is 5.14. The van der Waals surface area contributed by atoms with Crippen molar-refractivity contribution in [1.29, 1.82) is 0 Å². The number of hydrogen-bond acceptors (Lipinski definition) is 4. The smallest absolute Gasteiger partial charge is 0.191 e. The zero-order chi connectivity index (χ0) is 18.8. The quantitative estimate of drug-likeness (QED) is 0.333. The molecular weight excluding hydrogens is 455 g/mol. The summed E-state index contributed by atoms with van der Waals surface area (Å²) in [5.41, 5.74) is 1.07. The molecule has 154 valence electrons. The molecule has 6 nitrogen and oxygen atoms in total. The van der Waals surface area contributed by atoms with Gasteiger partial charge in [-0.1, -0.05) is 6.92 Å². The van der Waals surface area contributed by atoms with Crippen molar-refractivity contribution in [2.75, 3.05) is 47.4 Å². The van der Waals surface area contributed by atoms with Crippen molar-refractivity contribution in [3.8, 4) is 11.5 Å². The predicted molar refractivity (Wildman–Crippen MR) is 123 cm³/mol. The summed E-state index contributed by atoms with van der Waals surface area (Å²) in [6, 6.07) is 5.86. The average Bonchev–Trinajstić information content (AvgIpc) is 2.69. The fourth-order valence-electron chi connectivity index (χ4n) is 3.37. The van der Waals surface area contributed by atoms with Gasteiger partial charge in [-0.3, -0.25) is 4.99 Å². The van der Waals surface area contributed by atoms with Crippen LogP contribution in [-0.4, -0.2) is 58.3 Å². The number of likely N-dealkylation sites (tertiary alicyclic amines) is 1. The van der Waals surface area contributed by atoms with Crippen LogP contribution in [0.5, 0.6) is 11.5 Å². The monoisotopic (exact) mass is 490 g/mol. The topological polar surface area (TPSA) is 58.1 Å². The van der Waals surface area contributed by atoms with E-state index in [0.717, 1.165) is 35.5 Å². The van der Waals surface area contributed by atoms with Gasteiger partial charge in [0.05, 0.1) is 14.2 Å². The normalized spacial score (nSPS) is 15.8. The van der Waals surface area contributed by atoms with E-state index in [-0.39, 0.29) is 24.0 Å². The largest absolute Gasteiger partial charge is 0.497 e. The minimum Gasteiger partial charge on any atom is -0.497 e. The van der Waals surface area contributed by atoms with Crippen LogP contribution < -0.4 is 20.1 Å². The van der Waals surface area contributed by atoms with Gasteiger partial charge >= 0.3 is 0 Å². The van der Waals surface area contributed by atoms with E-state index in [9.17, 15) is 0 Å². The molecule has 2 N–H and O–H groups in total. The number of rotatable bonds is 8. The molecule has 7 heteroatoms. The molecule has 0 aliphatic carbocycles. The number of benzene rings is 1. The SMILES string of the molecule is CCCN1CCC(CNC(=NC)NCc2ccc(OC)cc2OC)CC1.I. The van der Waals surface area contributed by atoms with Crippen molar-refractivity contribution in [1.82, 2.24) is 15.5 Å². The number of piperidine rings is 1. The number of halogens is 1. The van der Waals surface area contributed by atoms with Gasteiger partial charge in [0, 0.05) is 31.8 Å². The van der Waals surface area contributed by atoms with Crippen LogP contribution in [0.25, 0.3) is 0 Å². The molecule has 1 saturated heterocycles. The van der Waals surface area contributed by atoms with E-state index in [4.69, 9.17) is 9.47 Å². The zero-order valence-electron chi connectivity index (χ0n) is 17.1. The zero-order valence-corrected chi connectivity index (χ0v) is 19.4. The van der Waals surface area contributed by atoms with Gasteiger partial charge in [0.25, 0.3) is 0 Å². The highest BCUT2D eigenvalue weighted by atomic mass is 127. The van der Waals surface area contributed by atoms with E-state index < -0.39 is 0 Å². The highest BCUT2D eigenvalue weighted by Gasteiger charge is 2.18. The molecule has 0 bridgehead atoms.